The van der Waals surface area contributed by atoms with E-state index in [1.54, 1.807) is 48.5 Å². The number of carboxylic acid groups (broad SMARTS) is 1. The topological polar surface area (TPSA) is 215 Å². The highest BCUT2D eigenvalue weighted by Crippen LogP contribution is 2.38. The fraction of sp³-hybridized carbons (Fsp3) is 0.296. The van der Waals surface area contributed by atoms with E-state index in [2.05, 4.69) is 20.3 Å². The molecule has 1 fully saturated rings. The maximum absolute atomic E-state index is 13.7. The molecule has 1 saturated heterocycles. The fourth-order valence-electron chi connectivity index (χ4n) is 4.95. The number of nitrogens with one attached hydrogen (secondary N) is 1. The molecule has 0 amide bonds. The number of fused-ring (bicyclic) bond motifs is 1. The summed E-state index contributed by atoms with van der Waals surface area (Å²) in [5.41, 5.74) is 6.49. The van der Waals surface area contributed by atoms with E-state index in [0.29, 0.717) is 22.4 Å². The van der Waals surface area contributed by atoms with Crippen molar-refractivity contribution in [3.63, 3.8) is 0 Å². The van der Waals surface area contributed by atoms with Gasteiger partial charge in [0.2, 0.25) is 0 Å². The molecule has 1 aliphatic heterocycles. The average Bonchev–Trinajstić information content (AvgIpc) is 3.52. The van der Waals surface area contributed by atoms with E-state index in [1.165, 1.54) is 24.3 Å². The zero-order valence-electron chi connectivity index (χ0n) is 21.8. The van der Waals surface area contributed by atoms with E-state index >= 15 is 0 Å². The Morgan fingerprint density at radius 2 is 1.71 bits per heavy atom. The van der Waals surface area contributed by atoms with Crippen LogP contribution in [0.4, 0.5) is 11.5 Å². The normalized spacial score (nSPS) is 21.9. The lowest BCUT2D eigenvalue weighted by Crippen LogP contribution is -2.46. The molecule has 1 aliphatic rings. The number of nitrogens with two attached hydrogens (primary N) is 1. The van der Waals surface area contributed by atoms with Gasteiger partial charge in [0.1, 0.15) is 24.6 Å². The molecule has 1 unspecified atom stereocenters. The zero-order valence-corrected chi connectivity index (χ0v) is 21.8. The second-order valence-electron chi connectivity index (χ2n) is 9.53. The van der Waals surface area contributed by atoms with Crippen molar-refractivity contribution in [1.82, 2.24) is 19.5 Å². The molecule has 214 valence electrons. The summed E-state index contributed by atoms with van der Waals surface area (Å²) in [6.07, 6.45) is -2.44. The zero-order chi connectivity index (χ0) is 29.3. The highest BCUT2D eigenvalue weighted by Gasteiger charge is 2.46. The first kappa shape index (κ1) is 27.9. The molecule has 3 heterocycles. The van der Waals surface area contributed by atoms with Crippen LogP contribution in [0, 0.1) is 0 Å². The van der Waals surface area contributed by atoms with Gasteiger partial charge >= 0.3 is 11.9 Å². The number of aliphatic hydroxyl groups excluding tert-OH is 3. The number of carbonyl (C=O) groups is 2. The number of anilines is 2. The first-order valence-corrected chi connectivity index (χ1v) is 12.5. The van der Waals surface area contributed by atoms with Crippen molar-refractivity contribution in [1.29, 1.82) is 0 Å². The molecule has 14 nitrogen and oxygen atoms in total. The number of nitrogen functional groups attached to an aromatic ring is 1. The van der Waals surface area contributed by atoms with E-state index in [4.69, 9.17) is 15.2 Å². The third-order valence-electron chi connectivity index (χ3n) is 7.03. The van der Waals surface area contributed by atoms with Gasteiger partial charge in [-0.3, -0.25) is 9.36 Å². The number of methoxy groups -OCH3 is 1. The Morgan fingerprint density at radius 1 is 1.05 bits per heavy atom. The molecule has 2 aromatic carbocycles. The summed E-state index contributed by atoms with van der Waals surface area (Å²) in [5, 5.41) is 42.6. The Kier molecular flexibility index (Phi) is 7.55. The Labute approximate surface area is 233 Å². The highest BCUT2D eigenvalue weighted by molar-refractivity contribution is 5.93. The maximum atomic E-state index is 13.7. The lowest BCUT2D eigenvalue weighted by atomic mass is 9.82. The molecule has 0 saturated carbocycles. The van der Waals surface area contributed by atoms with Crippen LogP contribution in [0.25, 0.3) is 11.2 Å². The molecule has 2 aromatic heterocycles. The fourth-order valence-corrected chi connectivity index (χ4v) is 4.95. The van der Waals surface area contributed by atoms with E-state index in [-0.39, 0.29) is 23.4 Å². The molecule has 7 N–H and O–H groups in total. The minimum Gasteiger partial charge on any atom is -0.481 e. The predicted octanol–water partition coefficient (Wildman–Crippen LogP) is 0.176. The summed E-state index contributed by atoms with van der Waals surface area (Å²) >= 11 is 0. The number of rotatable bonds is 9. The van der Waals surface area contributed by atoms with Gasteiger partial charge in [-0.15, -0.1) is 0 Å². The summed E-state index contributed by atoms with van der Waals surface area (Å²) in [7, 11) is 1.24. The molecule has 0 radical (unpaired) electrons. The van der Waals surface area contributed by atoms with Crippen LogP contribution in [0.2, 0.25) is 0 Å². The number of imidazole rings is 1. The van der Waals surface area contributed by atoms with Crippen molar-refractivity contribution in [2.24, 2.45) is 0 Å². The summed E-state index contributed by atoms with van der Waals surface area (Å²) in [6.45, 7) is -0.502. The second-order valence-corrected chi connectivity index (χ2v) is 9.53. The van der Waals surface area contributed by atoms with E-state index in [9.17, 15) is 30.0 Å². The van der Waals surface area contributed by atoms with Gasteiger partial charge in [-0.1, -0.05) is 36.4 Å². The molecule has 5 rings (SSSR count). The first-order chi connectivity index (χ1) is 19.7. The number of hydrogen-bond donors (Lipinski definition) is 6. The van der Waals surface area contributed by atoms with Crippen molar-refractivity contribution in [2.45, 2.75) is 36.5 Å². The lowest BCUT2D eigenvalue weighted by molar-refractivity contribution is -0.145. The van der Waals surface area contributed by atoms with Crippen LogP contribution < -0.4 is 11.1 Å². The Bertz CT molecular complexity index is 1560. The summed E-state index contributed by atoms with van der Waals surface area (Å²) in [6, 6.07) is 13.0. The standard InChI is InChI=1S/C27H28N6O8/c1-40-26(39)27(16-6-8-17(28)9-7-16,15-4-2-14(3-5-15)10-19(35)36)32-23-20-24(30-12-29-23)33(13-31-20)25-22(38)21(37)18(11-34)41-25/h2-9,12-13,18,21-22,25,34,37-38H,10-11,28H2,1H3,(H,35,36)(H,29,30,32)/t18-,21-,22-,25-,27?/m1/s1. The molecule has 4 aromatic rings. The van der Waals surface area contributed by atoms with Crippen LogP contribution in [-0.2, 0) is 31.0 Å². The second kappa shape index (κ2) is 11.1. The van der Waals surface area contributed by atoms with Gasteiger partial charge in [0.05, 0.1) is 26.5 Å². The van der Waals surface area contributed by atoms with Gasteiger partial charge in [-0.05, 0) is 28.8 Å². The number of carbonyl (C=O) groups excluding carboxylic acids is 1. The van der Waals surface area contributed by atoms with Crippen molar-refractivity contribution in [3.8, 4) is 0 Å². The van der Waals surface area contributed by atoms with Gasteiger partial charge in [0.25, 0.3) is 0 Å². The lowest BCUT2D eigenvalue weighted by Gasteiger charge is -2.33. The Morgan fingerprint density at radius 3 is 2.29 bits per heavy atom. The Hall–Kier alpha value is -4.63. The number of esters is 1. The van der Waals surface area contributed by atoms with E-state index in [0.717, 1.165) is 0 Å². The largest absolute Gasteiger partial charge is 0.481 e. The molecule has 5 atom stereocenters. The molecular weight excluding hydrogens is 536 g/mol. The van der Waals surface area contributed by atoms with Crippen LogP contribution in [0.1, 0.15) is 22.9 Å². The molecule has 0 aliphatic carbocycles. The van der Waals surface area contributed by atoms with Crippen LogP contribution in [-0.4, -0.2) is 83.9 Å². The number of benzene rings is 2. The number of nitrogens with zero attached hydrogens (tertiary/aromatic N) is 4. The maximum Gasteiger partial charge on any atom is 0.341 e. The molecule has 0 spiro atoms. The third kappa shape index (κ3) is 4.93. The average molecular weight is 565 g/mol. The molecule has 0 bridgehead atoms. The minimum absolute atomic E-state index is 0.123. The van der Waals surface area contributed by atoms with Crippen molar-refractivity contribution in [3.05, 3.63) is 77.9 Å². The van der Waals surface area contributed by atoms with Crippen molar-refractivity contribution in [2.75, 3.05) is 24.8 Å². The quantitative estimate of drug-likeness (QED) is 0.118. The van der Waals surface area contributed by atoms with E-state index in [1.807, 2.05) is 0 Å². The smallest absolute Gasteiger partial charge is 0.341 e. The first-order valence-electron chi connectivity index (χ1n) is 12.5. The van der Waals surface area contributed by atoms with Crippen molar-refractivity contribution < 1.29 is 39.5 Å². The number of hydrogen-bond acceptors (Lipinski definition) is 12. The number of ether oxygens (including phenoxy) is 2. The predicted molar refractivity (Wildman–Crippen MR) is 143 cm³/mol. The summed E-state index contributed by atoms with van der Waals surface area (Å²) in [4.78, 5) is 37.9. The summed E-state index contributed by atoms with van der Waals surface area (Å²) in [5.74, 6) is -1.58. The van der Waals surface area contributed by atoms with Crippen LogP contribution in [0.15, 0.2) is 61.2 Å². The number of aliphatic carboxylic acids is 1. The molecule has 41 heavy (non-hydrogen) atoms. The van der Waals surface area contributed by atoms with Crippen LogP contribution in [0.5, 0.6) is 0 Å². The van der Waals surface area contributed by atoms with Gasteiger partial charge < -0.3 is 41.0 Å². The van der Waals surface area contributed by atoms with Gasteiger partial charge in [-0.25, -0.2) is 19.7 Å². The van der Waals surface area contributed by atoms with Crippen molar-refractivity contribution >= 4 is 34.6 Å². The van der Waals surface area contributed by atoms with Crippen LogP contribution >= 0.6 is 0 Å². The van der Waals surface area contributed by atoms with Gasteiger partial charge in [0.15, 0.2) is 28.7 Å². The molecular formula is C27H28N6O8. The highest BCUT2D eigenvalue weighted by atomic mass is 16.6. The summed E-state index contributed by atoms with van der Waals surface area (Å²) < 4.78 is 12.3. The SMILES string of the molecule is COC(=O)C(Nc1ncnc2c1ncn2[C@@H]1O[C@H](CO)[C@@H](O)[C@H]1O)(c1ccc(N)cc1)c1ccc(CC(=O)O)cc1. The monoisotopic (exact) mass is 564 g/mol. The van der Waals surface area contributed by atoms with Gasteiger partial charge in [0, 0.05) is 5.69 Å². The van der Waals surface area contributed by atoms with Crippen LogP contribution in [0.3, 0.4) is 0 Å². The van der Waals surface area contributed by atoms with Gasteiger partial charge in [-0.2, -0.15) is 0 Å². The minimum atomic E-state index is -1.70. The molecule has 14 heteroatoms. The number of aliphatic hydroxyl groups is 3. The third-order valence-corrected chi connectivity index (χ3v) is 7.03. The van der Waals surface area contributed by atoms with E-state index < -0.39 is 48.6 Å². The number of aromatic nitrogens is 4. The number of carboxylic acids is 1. The Balaban J connectivity index is 1.64.